The van der Waals surface area contributed by atoms with Gasteiger partial charge in [0.25, 0.3) is 0 Å². The van der Waals surface area contributed by atoms with Crippen molar-refractivity contribution in [2.75, 3.05) is 5.32 Å². The van der Waals surface area contributed by atoms with Crippen LogP contribution >= 0.6 is 0 Å². The fourth-order valence-electron chi connectivity index (χ4n) is 2.28. The van der Waals surface area contributed by atoms with Crippen LogP contribution in [0.5, 0.6) is 0 Å². The predicted molar refractivity (Wildman–Crippen MR) is 92.0 cm³/mol. The maximum absolute atomic E-state index is 11.9. The molecule has 0 unspecified atom stereocenters. The van der Waals surface area contributed by atoms with Crippen molar-refractivity contribution in [3.05, 3.63) is 29.8 Å². The fraction of sp³-hybridized carbons (Fsp3) is 0.579. The molecular weight excluding hydrogens is 274 g/mol. The first-order chi connectivity index (χ1) is 10.3. The molecule has 22 heavy (non-hydrogen) atoms. The van der Waals surface area contributed by atoms with E-state index in [2.05, 4.69) is 26.1 Å². The smallest absolute Gasteiger partial charge is 0.224 e. The summed E-state index contributed by atoms with van der Waals surface area (Å²) < 4.78 is 0. The highest BCUT2D eigenvalue weighted by Gasteiger charge is 2.11. The number of rotatable bonds is 8. The van der Waals surface area contributed by atoms with Crippen LogP contribution in [-0.4, -0.2) is 11.7 Å². The summed E-state index contributed by atoms with van der Waals surface area (Å²) in [6.45, 7) is 8.59. The molecule has 0 saturated heterocycles. The van der Waals surface area contributed by atoms with Crippen molar-refractivity contribution in [3.8, 4) is 0 Å². The van der Waals surface area contributed by atoms with Crippen molar-refractivity contribution in [1.29, 1.82) is 0 Å². The number of carbonyl (C=O) groups excluding carboxylic acids is 2. The third-order valence-corrected chi connectivity index (χ3v) is 3.68. The number of carbonyl (C=O) groups is 2. The van der Waals surface area contributed by atoms with Crippen LogP contribution in [0.2, 0.25) is 0 Å². The first-order valence-electron chi connectivity index (χ1n) is 8.15. The lowest BCUT2D eigenvalue weighted by molar-refractivity contribution is -0.123. The van der Waals surface area contributed by atoms with Crippen LogP contribution in [0.1, 0.15) is 64.9 Å². The van der Waals surface area contributed by atoms with E-state index in [0.717, 1.165) is 30.5 Å². The Hall–Kier alpha value is -1.64. The molecule has 0 radical (unpaired) electrons. The molecule has 0 aliphatic carbocycles. The molecule has 0 heterocycles. The number of amides is 1. The monoisotopic (exact) mass is 303 g/mol. The van der Waals surface area contributed by atoms with Gasteiger partial charge in [0, 0.05) is 24.9 Å². The summed E-state index contributed by atoms with van der Waals surface area (Å²) in [5.74, 6) is 0.103. The summed E-state index contributed by atoms with van der Waals surface area (Å²) in [4.78, 5) is 23.7. The zero-order chi connectivity index (χ0) is 16.6. The Bertz CT molecular complexity index is 500. The van der Waals surface area contributed by atoms with E-state index in [0.29, 0.717) is 18.3 Å². The van der Waals surface area contributed by atoms with Gasteiger partial charge in [-0.15, -0.1) is 0 Å². The molecule has 3 nitrogen and oxygen atoms in total. The number of benzene rings is 1. The number of unbranched alkanes of at least 4 members (excludes halogenated alkanes) is 1. The van der Waals surface area contributed by atoms with Gasteiger partial charge < -0.3 is 5.32 Å². The van der Waals surface area contributed by atoms with E-state index in [-0.39, 0.29) is 18.1 Å². The van der Waals surface area contributed by atoms with Gasteiger partial charge in [0.1, 0.15) is 5.78 Å². The molecule has 1 rings (SSSR count). The van der Waals surface area contributed by atoms with E-state index in [4.69, 9.17) is 0 Å². The molecular formula is C19H29NO2. The lowest BCUT2D eigenvalue weighted by Gasteiger charge is -2.17. The molecule has 1 N–H and O–H groups in total. The number of aryl methyl sites for hydroxylation is 1. The van der Waals surface area contributed by atoms with Gasteiger partial charge in [-0.25, -0.2) is 0 Å². The van der Waals surface area contributed by atoms with Gasteiger partial charge >= 0.3 is 0 Å². The second-order valence-corrected chi connectivity index (χ2v) is 7.17. The SMILES string of the molecule is Cc1ccccc1NC(=O)CCC(=O)CCCCC(C)(C)C. The van der Waals surface area contributed by atoms with E-state index in [9.17, 15) is 9.59 Å². The standard InChI is InChI=1S/C19H29NO2/c1-15-9-5-6-11-17(15)20-18(22)13-12-16(21)10-7-8-14-19(2,3)4/h5-6,9,11H,7-8,10,12-14H2,1-4H3,(H,20,22). The van der Waals surface area contributed by atoms with Gasteiger partial charge in [-0.1, -0.05) is 45.4 Å². The molecule has 0 fully saturated rings. The van der Waals surface area contributed by atoms with Crippen LogP contribution in [-0.2, 0) is 9.59 Å². The number of para-hydroxylation sites is 1. The highest BCUT2D eigenvalue weighted by molar-refractivity contribution is 5.94. The number of Topliss-reactive ketones (excluding diaryl/α,β-unsaturated/α-hetero) is 1. The van der Waals surface area contributed by atoms with Crippen LogP contribution in [0, 0.1) is 12.3 Å². The first-order valence-corrected chi connectivity index (χ1v) is 8.15. The van der Waals surface area contributed by atoms with Crippen LogP contribution in [0.4, 0.5) is 5.69 Å². The lowest BCUT2D eigenvalue weighted by Crippen LogP contribution is -2.14. The summed E-state index contributed by atoms with van der Waals surface area (Å²) in [7, 11) is 0. The van der Waals surface area contributed by atoms with Gasteiger partial charge in [0.2, 0.25) is 5.91 Å². The minimum atomic E-state index is -0.0858. The Balaban J connectivity index is 2.21. The maximum Gasteiger partial charge on any atom is 0.224 e. The first kappa shape index (κ1) is 18.4. The van der Waals surface area contributed by atoms with Gasteiger partial charge in [-0.2, -0.15) is 0 Å². The Labute approximate surface area is 134 Å². The molecule has 0 aliphatic rings. The highest BCUT2D eigenvalue weighted by atomic mass is 16.2. The largest absolute Gasteiger partial charge is 0.326 e. The van der Waals surface area contributed by atoms with Crippen molar-refractivity contribution in [3.63, 3.8) is 0 Å². The predicted octanol–water partition coefficient (Wildman–Crippen LogP) is 4.89. The van der Waals surface area contributed by atoms with Crippen molar-refractivity contribution in [2.45, 2.75) is 66.2 Å². The van der Waals surface area contributed by atoms with Crippen molar-refractivity contribution >= 4 is 17.4 Å². The van der Waals surface area contributed by atoms with Crippen LogP contribution in [0.3, 0.4) is 0 Å². The molecule has 0 saturated carbocycles. The average Bonchev–Trinajstić information content (AvgIpc) is 2.43. The van der Waals surface area contributed by atoms with E-state index in [1.54, 1.807) is 0 Å². The zero-order valence-electron chi connectivity index (χ0n) is 14.4. The third kappa shape index (κ3) is 7.96. The Kier molecular flexibility index (Phi) is 7.30. The Morgan fingerprint density at radius 1 is 1.00 bits per heavy atom. The fourth-order valence-corrected chi connectivity index (χ4v) is 2.28. The lowest BCUT2D eigenvalue weighted by atomic mass is 9.89. The second-order valence-electron chi connectivity index (χ2n) is 7.17. The summed E-state index contributed by atoms with van der Waals surface area (Å²) in [5.41, 5.74) is 2.19. The minimum Gasteiger partial charge on any atom is -0.326 e. The molecule has 1 aromatic rings. The van der Waals surface area contributed by atoms with Crippen molar-refractivity contribution in [2.24, 2.45) is 5.41 Å². The molecule has 122 valence electrons. The van der Waals surface area contributed by atoms with E-state index >= 15 is 0 Å². The third-order valence-electron chi connectivity index (χ3n) is 3.68. The highest BCUT2D eigenvalue weighted by Crippen LogP contribution is 2.22. The van der Waals surface area contributed by atoms with Crippen LogP contribution < -0.4 is 5.32 Å². The van der Waals surface area contributed by atoms with E-state index < -0.39 is 0 Å². The maximum atomic E-state index is 11.9. The molecule has 0 aromatic heterocycles. The molecule has 0 bridgehead atoms. The van der Waals surface area contributed by atoms with Crippen molar-refractivity contribution in [1.82, 2.24) is 0 Å². The molecule has 3 heteroatoms. The second kappa shape index (κ2) is 8.72. The number of hydrogen-bond acceptors (Lipinski definition) is 2. The number of hydrogen-bond donors (Lipinski definition) is 1. The summed E-state index contributed by atoms with van der Waals surface area (Å²) >= 11 is 0. The quantitative estimate of drug-likeness (QED) is 0.695. The average molecular weight is 303 g/mol. The molecule has 1 amide bonds. The number of nitrogens with one attached hydrogen (secondary N) is 1. The van der Waals surface area contributed by atoms with Gasteiger partial charge in [-0.05, 0) is 36.8 Å². The Morgan fingerprint density at radius 3 is 2.32 bits per heavy atom. The zero-order valence-corrected chi connectivity index (χ0v) is 14.4. The van der Waals surface area contributed by atoms with Crippen LogP contribution in [0.15, 0.2) is 24.3 Å². The van der Waals surface area contributed by atoms with E-state index in [1.807, 2.05) is 31.2 Å². The molecule has 0 atom stereocenters. The molecule has 0 aliphatic heterocycles. The van der Waals surface area contributed by atoms with Gasteiger partial charge in [0.15, 0.2) is 0 Å². The van der Waals surface area contributed by atoms with Gasteiger partial charge in [0.05, 0.1) is 0 Å². The topological polar surface area (TPSA) is 46.2 Å². The number of ketones is 1. The van der Waals surface area contributed by atoms with Crippen LogP contribution in [0.25, 0.3) is 0 Å². The van der Waals surface area contributed by atoms with E-state index in [1.165, 1.54) is 0 Å². The number of anilines is 1. The Morgan fingerprint density at radius 2 is 1.68 bits per heavy atom. The minimum absolute atomic E-state index is 0.0858. The van der Waals surface area contributed by atoms with Gasteiger partial charge in [-0.3, -0.25) is 9.59 Å². The van der Waals surface area contributed by atoms with Crippen molar-refractivity contribution < 1.29 is 9.59 Å². The molecule has 0 spiro atoms. The summed E-state index contributed by atoms with van der Waals surface area (Å²) in [5, 5.41) is 2.86. The summed E-state index contributed by atoms with van der Waals surface area (Å²) in [6, 6.07) is 7.66. The normalized spacial score (nSPS) is 11.3. The summed E-state index contributed by atoms with van der Waals surface area (Å²) in [6.07, 6.45) is 4.33. The molecule has 1 aromatic carbocycles.